The highest BCUT2D eigenvalue weighted by Gasteiger charge is 2.27. The fourth-order valence-corrected chi connectivity index (χ4v) is 1.22. The lowest BCUT2D eigenvalue weighted by atomic mass is 10.1. The quantitative estimate of drug-likeness (QED) is 0.501. The predicted octanol–water partition coefficient (Wildman–Crippen LogP) is 1.69. The molecule has 98 valence electrons. The first-order valence-electron chi connectivity index (χ1n) is 4.78. The first-order chi connectivity index (χ1) is 8.38. The number of rotatable bonds is 4. The van der Waals surface area contributed by atoms with Crippen LogP contribution in [0.5, 0.6) is 0 Å². The minimum atomic E-state index is -3.09. The second-order valence-corrected chi connectivity index (χ2v) is 3.10. The van der Waals surface area contributed by atoms with Gasteiger partial charge in [0.1, 0.15) is 5.69 Å². The normalized spacial score (nSPS) is 10.4. The van der Waals surface area contributed by atoms with Crippen LogP contribution in [0.4, 0.5) is 20.3 Å². The lowest BCUT2D eigenvalue weighted by molar-refractivity contribution is -0.384. The Morgan fingerprint density at radius 1 is 1.67 bits per heavy atom. The van der Waals surface area contributed by atoms with E-state index in [1.165, 1.54) is 6.92 Å². The highest BCUT2D eigenvalue weighted by Crippen LogP contribution is 2.28. The zero-order valence-electron chi connectivity index (χ0n) is 9.22. The van der Waals surface area contributed by atoms with E-state index >= 15 is 0 Å². The zero-order valence-corrected chi connectivity index (χ0v) is 9.22. The number of ether oxygens (including phenoxy) is 1. The Balaban J connectivity index is 3.40. The number of anilines is 1. The summed E-state index contributed by atoms with van der Waals surface area (Å²) in [6.45, 7) is 1.42. The molecular formula is C9H9F2N3O4. The molecule has 0 bridgehead atoms. The van der Waals surface area contributed by atoms with E-state index in [2.05, 4.69) is 9.72 Å². The number of carbonyl (C=O) groups excluding carboxylic acids is 1. The van der Waals surface area contributed by atoms with Gasteiger partial charge in [-0.1, -0.05) is 0 Å². The summed E-state index contributed by atoms with van der Waals surface area (Å²) in [6, 6.07) is 0.641. The molecule has 0 radical (unpaired) electrons. The summed E-state index contributed by atoms with van der Waals surface area (Å²) < 4.78 is 29.8. The van der Waals surface area contributed by atoms with E-state index in [1.54, 1.807) is 0 Å². The molecule has 0 aliphatic rings. The third kappa shape index (κ3) is 2.67. The largest absolute Gasteiger partial charge is 0.462 e. The number of hydrogen-bond donors (Lipinski definition) is 1. The van der Waals surface area contributed by atoms with Gasteiger partial charge in [-0.2, -0.15) is 0 Å². The summed E-state index contributed by atoms with van der Waals surface area (Å²) in [5.41, 5.74) is 2.85. The lowest BCUT2D eigenvalue weighted by Crippen LogP contribution is -2.13. The number of nitrogen functional groups attached to an aromatic ring is 1. The van der Waals surface area contributed by atoms with Gasteiger partial charge in [0.15, 0.2) is 0 Å². The lowest BCUT2D eigenvalue weighted by Gasteiger charge is -2.08. The van der Waals surface area contributed by atoms with Crippen molar-refractivity contribution in [1.82, 2.24) is 4.98 Å². The van der Waals surface area contributed by atoms with E-state index in [-0.39, 0.29) is 6.61 Å². The molecule has 0 saturated heterocycles. The Morgan fingerprint density at radius 3 is 2.72 bits per heavy atom. The molecule has 0 saturated carbocycles. The molecule has 9 heteroatoms. The predicted molar refractivity (Wildman–Crippen MR) is 56.2 cm³/mol. The molecule has 1 aromatic heterocycles. The van der Waals surface area contributed by atoms with Crippen molar-refractivity contribution >= 4 is 17.5 Å². The van der Waals surface area contributed by atoms with Crippen LogP contribution in [0.25, 0.3) is 0 Å². The molecule has 1 rings (SSSR count). The molecule has 0 amide bonds. The van der Waals surface area contributed by atoms with Gasteiger partial charge < -0.3 is 10.5 Å². The van der Waals surface area contributed by atoms with Crippen LogP contribution in [0.15, 0.2) is 6.07 Å². The molecule has 1 heterocycles. The van der Waals surface area contributed by atoms with Gasteiger partial charge in [-0.3, -0.25) is 10.1 Å². The molecule has 0 atom stereocenters. The highest BCUT2D eigenvalue weighted by atomic mass is 19.3. The molecule has 1 aromatic rings. The van der Waals surface area contributed by atoms with E-state index in [1.807, 2.05) is 0 Å². The fourth-order valence-electron chi connectivity index (χ4n) is 1.22. The summed E-state index contributed by atoms with van der Waals surface area (Å²) >= 11 is 0. The van der Waals surface area contributed by atoms with Gasteiger partial charge in [-0.05, 0) is 6.92 Å². The minimum Gasteiger partial charge on any atom is -0.462 e. The third-order valence-corrected chi connectivity index (χ3v) is 1.96. The van der Waals surface area contributed by atoms with E-state index in [0.717, 1.165) is 0 Å². The number of pyridine rings is 1. The number of nitrogens with two attached hydrogens (primary N) is 1. The molecule has 0 aromatic carbocycles. The Hall–Kier alpha value is -2.32. The van der Waals surface area contributed by atoms with Gasteiger partial charge in [0.25, 0.3) is 6.43 Å². The zero-order chi connectivity index (χ0) is 13.9. The summed E-state index contributed by atoms with van der Waals surface area (Å²) in [5, 5.41) is 10.6. The van der Waals surface area contributed by atoms with Crippen molar-refractivity contribution in [3.05, 3.63) is 27.4 Å². The standard InChI is InChI=1S/C9H9F2N3O4/c1-2-18-9(15)4-3-5(14(16)17)8(12)13-6(4)7(10)11/h3,7H,2H2,1H3,(H2,12,13). The SMILES string of the molecule is CCOC(=O)c1cc([N+](=O)[O-])c(N)nc1C(F)F. The number of halogens is 2. The molecule has 0 fully saturated rings. The van der Waals surface area contributed by atoms with Crippen LogP contribution in [-0.2, 0) is 4.74 Å². The third-order valence-electron chi connectivity index (χ3n) is 1.96. The van der Waals surface area contributed by atoms with Crippen LogP contribution in [0, 0.1) is 10.1 Å². The van der Waals surface area contributed by atoms with Gasteiger partial charge >= 0.3 is 11.7 Å². The maximum Gasteiger partial charge on any atom is 0.340 e. The number of carbonyl (C=O) groups is 1. The average Bonchev–Trinajstić information content (AvgIpc) is 2.28. The molecule has 0 aliphatic heterocycles. The second kappa shape index (κ2) is 5.34. The topological polar surface area (TPSA) is 108 Å². The first-order valence-corrected chi connectivity index (χ1v) is 4.78. The van der Waals surface area contributed by atoms with Gasteiger partial charge in [-0.25, -0.2) is 18.6 Å². The van der Waals surface area contributed by atoms with Crippen LogP contribution in [0.3, 0.4) is 0 Å². The smallest absolute Gasteiger partial charge is 0.340 e. The Bertz CT molecular complexity index is 493. The van der Waals surface area contributed by atoms with Crippen molar-refractivity contribution in [3.63, 3.8) is 0 Å². The fraction of sp³-hybridized carbons (Fsp3) is 0.333. The van der Waals surface area contributed by atoms with Crippen LogP contribution >= 0.6 is 0 Å². The van der Waals surface area contributed by atoms with Gasteiger partial charge in [0, 0.05) is 6.07 Å². The Morgan fingerprint density at radius 2 is 2.28 bits per heavy atom. The van der Waals surface area contributed by atoms with Crippen LogP contribution in [-0.4, -0.2) is 22.5 Å². The molecule has 0 unspecified atom stereocenters. The maximum absolute atomic E-state index is 12.6. The average molecular weight is 261 g/mol. The van der Waals surface area contributed by atoms with Gasteiger partial charge in [0.2, 0.25) is 5.82 Å². The monoisotopic (exact) mass is 261 g/mol. The van der Waals surface area contributed by atoms with Gasteiger partial charge in [-0.15, -0.1) is 0 Å². The van der Waals surface area contributed by atoms with E-state index in [4.69, 9.17) is 5.73 Å². The van der Waals surface area contributed by atoms with E-state index in [0.29, 0.717) is 6.07 Å². The number of hydrogen-bond acceptors (Lipinski definition) is 6. The van der Waals surface area contributed by atoms with Crippen LogP contribution in [0.2, 0.25) is 0 Å². The van der Waals surface area contributed by atoms with Crippen LogP contribution in [0.1, 0.15) is 29.4 Å². The number of nitro groups is 1. The Kier molecular flexibility index (Phi) is 4.08. The summed E-state index contributed by atoms with van der Waals surface area (Å²) in [5.74, 6) is -1.79. The van der Waals surface area contributed by atoms with Crippen molar-refractivity contribution in [2.75, 3.05) is 12.3 Å². The van der Waals surface area contributed by atoms with E-state index < -0.39 is 40.1 Å². The molecule has 7 nitrogen and oxygen atoms in total. The first kappa shape index (κ1) is 13.7. The molecule has 18 heavy (non-hydrogen) atoms. The number of nitrogens with zero attached hydrogens (tertiary/aromatic N) is 2. The molecule has 0 spiro atoms. The summed E-state index contributed by atoms with van der Waals surface area (Å²) in [7, 11) is 0. The molecule has 2 N–H and O–H groups in total. The number of alkyl halides is 2. The highest BCUT2D eigenvalue weighted by molar-refractivity contribution is 5.92. The Labute approximate surface area is 99.7 Å². The van der Waals surface area contributed by atoms with E-state index in [9.17, 15) is 23.7 Å². The van der Waals surface area contributed by atoms with Gasteiger partial charge in [0.05, 0.1) is 17.1 Å². The van der Waals surface area contributed by atoms with Crippen molar-refractivity contribution < 1.29 is 23.2 Å². The summed E-state index contributed by atoms with van der Waals surface area (Å²) in [6.07, 6.45) is -3.09. The minimum absolute atomic E-state index is 0.0559. The molecule has 0 aliphatic carbocycles. The second-order valence-electron chi connectivity index (χ2n) is 3.10. The number of aromatic nitrogens is 1. The van der Waals surface area contributed by atoms with Crippen molar-refractivity contribution in [2.45, 2.75) is 13.3 Å². The number of esters is 1. The van der Waals surface area contributed by atoms with Crippen LogP contribution < -0.4 is 5.73 Å². The molecular weight excluding hydrogens is 252 g/mol. The van der Waals surface area contributed by atoms with Crippen molar-refractivity contribution in [3.8, 4) is 0 Å². The summed E-state index contributed by atoms with van der Waals surface area (Å²) in [4.78, 5) is 24.2. The maximum atomic E-state index is 12.6. The van der Waals surface area contributed by atoms with Crippen molar-refractivity contribution in [1.29, 1.82) is 0 Å². The van der Waals surface area contributed by atoms with Crippen molar-refractivity contribution in [2.24, 2.45) is 0 Å².